The van der Waals surface area contributed by atoms with Gasteiger partial charge in [-0.15, -0.1) is 0 Å². The SMILES string of the molecule is C1=CC2=Nc3ccccc3NC2C=C1. The molecule has 1 N–H and O–H groups in total. The van der Waals surface area contributed by atoms with E-state index >= 15 is 0 Å². The van der Waals surface area contributed by atoms with Gasteiger partial charge in [0.1, 0.15) is 0 Å². The highest BCUT2D eigenvalue weighted by Gasteiger charge is 2.18. The van der Waals surface area contributed by atoms with E-state index in [1.54, 1.807) is 0 Å². The zero-order valence-corrected chi connectivity index (χ0v) is 7.64. The van der Waals surface area contributed by atoms with Gasteiger partial charge in [0.25, 0.3) is 0 Å². The molecule has 2 nitrogen and oxygen atoms in total. The summed E-state index contributed by atoms with van der Waals surface area (Å²) >= 11 is 0. The molecule has 2 heteroatoms. The van der Waals surface area contributed by atoms with Crippen LogP contribution in [0.3, 0.4) is 0 Å². The third-order valence-electron chi connectivity index (χ3n) is 2.46. The fourth-order valence-electron chi connectivity index (χ4n) is 1.76. The van der Waals surface area contributed by atoms with Crippen LogP contribution in [0, 0.1) is 0 Å². The van der Waals surface area contributed by atoms with Crippen molar-refractivity contribution in [1.82, 2.24) is 0 Å². The quantitative estimate of drug-likeness (QED) is 0.655. The van der Waals surface area contributed by atoms with Gasteiger partial charge in [-0.25, -0.2) is 4.99 Å². The number of para-hydroxylation sites is 2. The van der Waals surface area contributed by atoms with Crippen LogP contribution in [0.25, 0.3) is 0 Å². The van der Waals surface area contributed by atoms with E-state index in [1.165, 1.54) is 0 Å². The molecule has 1 aliphatic carbocycles. The predicted octanol–water partition coefficient (Wildman–Crippen LogP) is 2.68. The summed E-state index contributed by atoms with van der Waals surface area (Å²) in [6.07, 6.45) is 8.23. The number of rotatable bonds is 0. The number of fused-ring (bicyclic) bond motifs is 2. The van der Waals surface area contributed by atoms with Crippen molar-refractivity contribution in [3.8, 4) is 0 Å². The van der Waals surface area contributed by atoms with Gasteiger partial charge in [-0.05, 0) is 18.2 Å². The molecule has 1 aromatic rings. The fraction of sp³-hybridized carbons (Fsp3) is 0.0833. The number of allylic oxidation sites excluding steroid dienone is 2. The van der Waals surface area contributed by atoms with E-state index in [2.05, 4.69) is 22.5 Å². The van der Waals surface area contributed by atoms with Crippen molar-refractivity contribution in [1.29, 1.82) is 0 Å². The summed E-state index contributed by atoms with van der Waals surface area (Å²) < 4.78 is 0. The van der Waals surface area contributed by atoms with Crippen molar-refractivity contribution in [2.45, 2.75) is 6.04 Å². The zero-order chi connectivity index (χ0) is 9.38. The number of hydrogen-bond donors (Lipinski definition) is 1. The Morgan fingerprint density at radius 2 is 2.07 bits per heavy atom. The van der Waals surface area contributed by atoms with Gasteiger partial charge in [-0.1, -0.05) is 30.4 Å². The molecule has 0 amide bonds. The molecule has 2 aliphatic rings. The third-order valence-corrected chi connectivity index (χ3v) is 2.46. The van der Waals surface area contributed by atoms with Crippen LogP contribution in [-0.4, -0.2) is 11.8 Å². The van der Waals surface area contributed by atoms with Gasteiger partial charge < -0.3 is 5.32 Å². The van der Waals surface area contributed by atoms with E-state index < -0.39 is 0 Å². The van der Waals surface area contributed by atoms with Crippen LogP contribution < -0.4 is 5.32 Å². The molecule has 0 bridgehead atoms. The minimum absolute atomic E-state index is 0.245. The van der Waals surface area contributed by atoms with Gasteiger partial charge in [0.15, 0.2) is 0 Å². The van der Waals surface area contributed by atoms with Crippen molar-refractivity contribution in [3.05, 3.63) is 48.6 Å². The van der Waals surface area contributed by atoms with Crippen LogP contribution >= 0.6 is 0 Å². The van der Waals surface area contributed by atoms with Crippen LogP contribution in [-0.2, 0) is 0 Å². The maximum absolute atomic E-state index is 4.58. The fourth-order valence-corrected chi connectivity index (χ4v) is 1.76. The van der Waals surface area contributed by atoms with E-state index in [-0.39, 0.29) is 6.04 Å². The Hall–Kier alpha value is -1.83. The van der Waals surface area contributed by atoms with Gasteiger partial charge in [-0.2, -0.15) is 0 Å². The van der Waals surface area contributed by atoms with E-state index in [0.29, 0.717) is 0 Å². The zero-order valence-electron chi connectivity index (χ0n) is 7.64. The van der Waals surface area contributed by atoms with Gasteiger partial charge >= 0.3 is 0 Å². The number of nitrogens with one attached hydrogen (secondary N) is 1. The second-order valence-corrected chi connectivity index (χ2v) is 3.42. The molecule has 1 unspecified atom stereocenters. The first kappa shape index (κ1) is 7.56. The molecule has 0 aromatic heterocycles. The van der Waals surface area contributed by atoms with Crippen molar-refractivity contribution in [2.24, 2.45) is 4.99 Å². The first-order valence-electron chi connectivity index (χ1n) is 4.72. The standard InChI is InChI=1S/C12H10N2/c1-2-6-10-9(5-1)13-11-7-3-4-8-12(11)14-10/h1-9,13H. The van der Waals surface area contributed by atoms with Gasteiger partial charge in [0.2, 0.25) is 0 Å². The molecule has 68 valence electrons. The number of anilines is 1. The lowest BCUT2D eigenvalue weighted by molar-refractivity contribution is 1.13. The highest BCUT2D eigenvalue weighted by Crippen LogP contribution is 2.30. The average Bonchev–Trinajstić information content (AvgIpc) is 2.26. The Kier molecular flexibility index (Phi) is 1.53. The van der Waals surface area contributed by atoms with E-state index in [0.717, 1.165) is 17.1 Å². The van der Waals surface area contributed by atoms with E-state index in [9.17, 15) is 0 Å². The van der Waals surface area contributed by atoms with Gasteiger partial charge in [0, 0.05) is 0 Å². The molecule has 0 radical (unpaired) electrons. The Labute approximate surface area is 82.7 Å². The molecule has 1 aromatic carbocycles. The smallest absolute Gasteiger partial charge is 0.0873 e. The molecule has 0 saturated heterocycles. The Balaban J connectivity index is 2.13. The molecule has 0 fully saturated rings. The van der Waals surface area contributed by atoms with Crippen LogP contribution in [0.15, 0.2) is 53.6 Å². The summed E-state index contributed by atoms with van der Waals surface area (Å²) in [5, 5.41) is 3.43. The molecule has 3 rings (SSSR count). The average molecular weight is 182 g/mol. The minimum Gasteiger partial charge on any atom is -0.372 e. The highest BCUT2D eigenvalue weighted by atomic mass is 15.0. The summed E-state index contributed by atoms with van der Waals surface area (Å²) in [5.41, 5.74) is 3.23. The molecule has 1 heterocycles. The summed E-state index contributed by atoms with van der Waals surface area (Å²) in [6.45, 7) is 0. The van der Waals surface area contributed by atoms with E-state index in [4.69, 9.17) is 0 Å². The molecular formula is C12H10N2. The second-order valence-electron chi connectivity index (χ2n) is 3.42. The number of nitrogens with zero attached hydrogens (tertiary/aromatic N) is 1. The van der Waals surface area contributed by atoms with Crippen molar-refractivity contribution in [2.75, 3.05) is 5.32 Å². The predicted molar refractivity (Wildman–Crippen MR) is 59.2 cm³/mol. The lowest BCUT2D eigenvalue weighted by Gasteiger charge is -2.24. The maximum Gasteiger partial charge on any atom is 0.0873 e. The Morgan fingerprint density at radius 1 is 1.14 bits per heavy atom. The summed E-state index contributed by atoms with van der Waals surface area (Å²) in [4.78, 5) is 4.58. The summed E-state index contributed by atoms with van der Waals surface area (Å²) in [6, 6.07) is 8.36. The summed E-state index contributed by atoms with van der Waals surface area (Å²) in [7, 11) is 0. The number of hydrogen-bond acceptors (Lipinski definition) is 2. The maximum atomic E-state index is 4.58. The first-order valence-corrected chi connectivity index (χ1v) is 4.72. The Bertz CT molecular complexity index is 455. The lowest BCUT2D eigenvalue weighted by Crippen LogP contribution is -2.29. The minimum atomic E-state index is 0.245. The normalized spacial score (nSPS) is 22.0. The molecule has 1 aliphatic heterocycles. The topological polar surface area (TPSA) is 24.4 Å². The lowest BCUT2D eigenvalue weighted by atomic mass is 10.0. The van der Waals surface area contributed by atoms with Crippen LogP contribution in [0.2, 0.25) is 0 Å². The highest BCUT2D eigenvalue weighted by molar-refractivity contribution is 6.07. The van der Waals surface area contributed by atoms with Crippen LogP contribution in [0.1, 0.15) is 0 Å². The summed E-state index contributed by atoms with van der Waals surface area (Å²) in [5.74, 6) is 0. The van der Waals surface area contributed by atoms with Crippen molar-refractivity contribution >= 4 is 17.1 Å². The number of aliphatic imine (C=N–C) groups is 1. The first-order chi connectivity index (χ1) is 6.93. The van der Waals surface area contributed by atoms with Gasteiger partial charge in [-0.3, -0.25) is 0 Å². The van der Waals surface area contributed by atoms with Gasteiger partial charge in [0.05, 0.1) is 23.1 Å². The number of benzene rings is 1. The molecule has 1 atom stereocenters. The van der Waals surface area contributed by atoms with E-state index in [1.807, 2.05) is 36.4 Å². The van der Waals surface area contributed by atoms with Crippen molar-refractivity contribution in [3.63, 3.8) is 0 Å². The largest absolute Gasteiger partial charge is 0.372 e. The molecule has 14 heavy (non-hydrogen) atoms. The monoisotopic (exact) mass is 182 g/mol. The van der Waals surface area contributed by atoms with Crippen LogP contribution in [0.4, 0.5) is 11.4 Å². The second kappa shape index (κ2) is 2.84. The molecule has 0 spiro atoms. The molecular weight excluding hydrogens is 172 g/mol. The van der Waals surface area contributed by atoms with Crippen molar-refractivity contribution < 1.29 is 0 Å². The molecule has 0 saturated carbocycles. The Morgan fingerprint density at radius 3 is 3.07 bits per heavy atom. The third kappa shape index (κ3) is 1.08. The van der Waals surface area contributed by atoms with Crippen LogP contribution in [0.5, 0.6) is 0 Å².